The summed E-state index contributed by atoms with van der Waals surface area (Å²) in [4.78, 5) is 2.22. The van der Waals surface area contributed by atoms with E-state index in [0.717, 1.165) is 25.4 Å². The highest BCUT2D eigenvalue weighted by molar-refractivity contribution is 5.37. The first-order valence-electron chi connectivity index (χ1n) is 5.70. The number of nitrogens with one attached hydrogen (secondary N) is 1. The lowest BCUT2D eigenvalue weighted by molar-refractivity contribution is 0.302. The first-order chi connectivity index (χ1) is 7.71. The van der Waals surface area contributed by atoms with Gasteiger partial charge in [-0.15, -0.1) is 0 Å². The van der Waals surface area contributed by atoms with Gasteiger partial charge in [-0.05, 0) is 32.1 Å². The van der Waals surface area contributed by atoms with Crippen LogP contribution < -0.4 is 10.1 Å². The Hall–Kier alpha value is -1.06. The summed E-state index contributed by atoms with van der Waals surface area (Å²) in [7, 11) is 5.77. The maximum absolute atomic E-state index is 5.38. The molecule has 0 fully saturated rings. The molecule has 1 N–H and O–H groups in total. The van der Waals surface area contributed by atoms with Crippen molar-refractivity contribution in [1.29, 1.82) is 0 Å². The topological polar surface area (TPSA) is 24.5 Å². The summed E-state index contributed by atoms with van der Waals surface area (Å²) in [5.74, 6) is 0.972. The molecule has 3 nitrogen and oxygen atoms in total. The van der Waals surface area contributed by atoms with Gasteiger partial charge in [-0.25, -0.2) is 0 Å². The Morgan fingerprint density at radius 1 is 1.38 bits per heavy atom. The molecule has 0 aliphatic carbocycles. The first-order valence-corrected chi connectivity index (χ1v) is 5.70. The third-order valence-electron chi connectivity index (χ3n) is 2.62. The summed E-state index contributed by atoms with van der Waals surface area (Å²) in [5, 5.41) is 3.14. The number of rotatable bonds is 6. The Balaban J connectivity index is 2.82. The van der Waals surface area contributed by atoms with Crippen molar-refractivity contribution in [3.63, 3.8) is 0 Å². The SMILES string of the molecule is CCc1ccc(OC)c(CN(C)CNC)c1. The molecule has 0 amide bonds. The lowest BCUT2D eigenvalue weighted by atomic mass is 10.1. The standard InChI is InChI=1S/C13H22N2O/c1-5-11-6-7-13(16-4)12(8-11)9-15(3)10-14-2/h6-8,14H,5,9-10H2,1-4H3. The van der Waals surface area contributed by atoms with Gasteiger partial charge in [0.05, 0.1) is 7.11 Å². The van der Waals surface area contributed by atoms with E-state index in [1.807, 2.05) is 7.05 Å². The quantitative estimate of drug-likeness (QED) is 0.744. The molecular weight excluding hydrogens is 200 g/mol. The Morgan fingerprint density at radius 3 is 2.69 bits per heavy atom. The van der Waals surface area contributed by atoms with Crippen molar-refractivity contribution >= 4 is 0 Å². The average molecular weight is 222 g/mol. The fraction of sp³-hybridized carbons (Fsp3) is 0.538. The smallest absolute Gasteiger partial charge is 0.123 e. The van der Waals surface area contributed by atoms with Gasteiger partial charge < -0.3 is 10.1 Å². The van der Waals surface area contributed by atoms with Crippen molar-refractivity contribution in [3.8, 4) is 5.75 Å². The first kappa shape index (κ1) is 13.0. The van der Waals surface area contributed by atoms with Crippen LogP contribution >= 0.6 is 0 Å². The molecule has 0 aromatic heterocycles. The third kappa shape index (κ3) is 3.51. The minimum atomic E-state index is 0.875. The summed E-state index contributed by atoms with van der Waals surface area (Å²) in [5.41, 5.74) is 2.60. The van der Waals surface area contributed by atoms with Crippen molar-refractivity contribution in [2.75, 3.05) is 27.9 Å². The van der Waals surface area contributed by atoms with Crippen LogP contribution in [-0.4, -0.2) is 32.8 Å². The zero-order valence-electron chi connectivity index (χ0n) is 10.7. The molecule has 0 unspecified atom stereocenters. The van der Waals surface area contributed by atoms with E-state index >= 15 is 0 Å². The molecule has 0 saturated heterocycles. The molecule has 1 aromatic carbocycles. The number of ether oxygens (including phenoxy) is 1. The summed E-state index contributed by atoms with van der Waals surface area (Å²) in [6.45, 7) is 3.94. The van der Waals surface area contributed by atoms with E-state index in [9.17, 15) is 0 Å². The number of nitrogens with zero attached hydrogens (tertiary/aromatic N) is 1. The van der Waals surface area contributed by atoms with Gasteiger partial charge in [0, 0.05) is 18.8 Å². The van der Waals surface area contributed by atoms with Crippen molar-refractivity contribution in [2.24, 2.45) is 0 Å². The van der Waals surface area contributed by atoms with Crippen LogP contribution in [0.25, 0.3) is 0 Å². The van der Waals surface area contributed by atoms with E-state index in [-0.39, 0.29) is 0 Å². The number of aryl methyl sites for hydroxylation is 1. The van der Waals surface area contributed by atoms with Crippen LogP contribution in [-0.2, 0) is 13.0 Å². The summed E-state index contributed by atoms with van der Waals surface area (Å²) in [6.07, 6.45) is 1.06. The molecule has 3 heteroatoms. The molecule has 0 aliphatic heterocycles. The molecular formula is C13H22N2O. The van der Waals surface area contributed by atoms with Crippen molar-refractivity contribution < 1.29 is 4.74 Å². The van der Waals surface area contributed by atoms with Crippen molar-refractivity contribution in [1.82, 2.24) is 10.2 Å². The lowest BCUT2D eigenvalue weighted by Crippen LogP contribution is -2.28. The molecule has 0 bridgehead atoms. The zero-order chi connectivity index (χ0) is 12.0. The second-order valence-corrected chi connectivity index (χ2v) is 4.03. The molecule has 0 heterocycles. The van der Waals surface area contributed by atoms with Gasteiger partial charge >= 0.3 is 0 Å². The Kier molecular flexibility index (Phi) is 5.29. The fourth-order valence-electron chi connectivity index (χ4n) is 1.79. The van der Waals surface area contributed by atoms with E-state index < -0.39 is 0 Å². The highest BCUT2D eigenvalue weighted by atomic mass is 16.5. The van der Waals surface area contributed by atoms with Crippen LogP contribution in [0.4, 0.5) is 0 Å². The maximum Gasteiger partial charge on any atom is 0.123 e. The highest BCUT2D eigenvalue weighted by Crippen LogP contribution is 2.21. The second-order valence-electron chi connectivity index (χ2n) is 4.03. The molecule has 0 spiro atoms. The minimum Gasteiger partial charge on any atom is -0.496 e. The van der Waals surface area contributed by atoms with Gasteiger partial charge in [0.25, 0.3) is 0 Å². The van der Waals surface area contributed by atoms with E-state index in [1.54, 1.807) is 7.11 Å². The molecule has 0 aliphatic rings. The molecule has 90 valence electrons. The largest absolute Gasteiger partial charge is 0.496 e. The predicted molar refractivity (Wildman–Crippen MR) is 67.8 cm³/mol. The average Bonchev–Trinajstić information content (AvgIpc) is 2.29. The zero-order valence-corrected chi connectivity index (χ0v) is 10.7. The van der Waals surface area contributed by atoms with Crippen LogP contribution in [0.15, 0.2) is 18.2 Å². The van der Waals surface area contributed by atoms with Crippen LogP contribution in [0.5, 0.6) is 5.75 Å². The summed E-state index contributed by atoms with van der Waals surface area (Å²) in [6, 6.07) is 6.41. The van der Waals surface area contributed by atoms with E-state index in [1.165, 1.54) is 11.1 Å². The Morgan fingerprint density at radius 2 is 2.12 bits per heavy atom. The van der Waals surface area contributed by atoms with Crippen molar-refractivity contribution in [2.45, 2.75) is 19.9 Å². The molecule has 1 rings (SSSR count). The Bertz CT molecular complexity index is 326. The van der Waals surface area contributed by atoms with Gasteiger partial charge in [-0.3, -0.25) is 4.90 Å². The van der Waals surface area contributed by atoms with Gasteiger partial charge in [-0.1, -0.05) is 19.1 Å². The fourth-order valence-corrected chi connectivity index (χ4v) is 1.79. The van der Waals surface area contributed by atoms with Gasteiger partial charge in [0.15, 0.2) is 0 Å². The summed E-state index contributed by atoms with van der Waals surface area (Å²) >= 11 is 0. The number of hydrogen-bond acceptors (Lipinski definition) is 3. The third-order valence-corrected chi connectivity index (χ3v) is 2.62. The van der Waals surface area contributed by atoms with E-state index in [0.29, 0.717) is 0 Å². The van der Waals surface area contributed by atoms with Gasteiger partial charge in [0.2, 0.25) is 0 Å². The number of hydrogen-bond donors (Lipinski definition) is 1. The maximum atomic E-state index is 5.38. The summed E-state index contributed by atoms with van der Waals surface area (Å²) < 4.78 is 5.38. The molecule has 1 aromatic rings. The van der Waals surface area contributed by atoms with E-state index in [4.69, 9.17) is 4.74 Å². The van der Waals surface area contributed by atoms with Crippen molar-refractivity contribution in [3.05, 3.63) is 29.3 Å². The molecule has 0 radical (unpaired) electrons. The van der Waals surface area contributed by atoms with Gasteiger partial charge in [0.1, 0.15) is 5.75 Å². The van der Waals surface area contributed by atoms with Crippen LogP contribution in [0, 0.1) is 0 Å². The monoisotopic (exact) mass is 222 g/mol. The Labute approximate surface area is 98.4 Å². The number of methoxy groups -OCH3 is 1. The lowest BCUT2D eigenvalue weighted by Gasteiger charge is -2.18. The van der Waals surface area contributed by atoms with Crippen LogP contribution in [0.2, 0.25) is 0 Å². The minimum absolute atomic E-state index is 0.875. The van der Waals surface area contributed by atoms with Gasteiger partial charge in [-0.2, -0.15) is 0 Å². The second kappa shape index (κ2) is 6.51. The van der Waals surface area contributed by atoms with Crippen LogP contribution in [0.3, 0.4) is 0 Å². The van der Waals surface area contributed by atoms with Crippen LogP contribution in [0.1, 0.15) is 18.1 Å². The van der Waals surface area contributed by atoms with E-state index in [2.05, 4.69) is 42.4 Å². The highest BCUT2D eigenvalue weighted by Gasteiger charge is 2.06. The predicted octanol–water partition coefficient (Wildman–Crippen LogP) is 1.87. The number of benzene rings is 1. The normalized spacial score (nSPS) is 10.8. The molecule has 16 heavy (non-hydrogen) atoms. The molecule has 0 atom stereocenters. The molecule has 0 saturated carbocycles.